The van der Waals surface area contributed by atoms with Crippen molar-refractivity contribution in [2.75, 3.05) is 24.5 Å². The topological polar surface area (TPSA) is 80.0 Å². The molecule has 0 atom stereocenters. The Morgan fingerprint density at radius 1 is 1.17 bits per heavy atom. The maximum atomic E-state index is 6.38. The van der Waals surface area contributed by atoms with Crippen molar-refractivity contribution >= 4 is 28.9 Å². The highest BCUT2D eigenvalue weighted by Crippen LogP contribution is 2.31. The van der Waals surface area contributed by atoms with Crippen molar-refractivity contribution in [1.29, 1.82) is 0 Å². The van der Waals surface area contributed by atoms with Gasteiger partial charge in [-0.25, -0.2) is 0 Å². The van der Waals surface area contributed by atoms with Crippen LogP contribution in [0, 0.1) is 5.92 Å². The summed E-state index contributed by atoms with van der Waals surface area (Å²) < 4.78 is 5.42. The number of aromatic nitrogens is 4. The van der Waals surface area contributed by atoms with Crippen LogP contribution < -0.4 is 10.2 Å². The van der Waals surface area contributed by atoms with E-state index in [1.54, 1.807) is 6.07 Å². The van der Waals surface area contributed by atoms with Crippen LogP contribution in [0.1, 0.15) is 23.6 Å². The van der Waals surface area contributed by atoms with Gasteiger partial charge in [-0.3, -0.25) is 0 Å². The van der Waals surface area contributed by atoms with E-state index in [4.69, 9.17) is 27.7 Å². The molecule has 2 aliphatic heterocycles. The molecule has 0 radical (unpaired) electrons. The van der Waals surface area contributed by atoms with Gasteiger partial charge in [-0.15, -0.1) is 5.10 Å². The fourth-order valence-electron chi connectivity index (χ4n) is 3.74. The Kier molecular flexibility index (Phi) is 5.11. The minimum Gasteiger partial charge on any atom is -0.366 e. The third-order valence-corrected chi connectivity index (χ3v) is 6.03. The van der Waals surface area contributed by atoms with E-state index >= 15 is 0 Å². The maximum absolute atomic E-state index is 6.38. The molecule has 0 spiro atoms. The van der Waals surface area contributed by atoms with Crippen molar-refractivity contribution in [3.63, 3.8) is 0 Å². The van der Waals surface area contributed by atoms with Crippen LogP contribution in [-0.2, 0) is 19.4 Å². The summed E-state index contributed by atoms with van der Waals surface area (Å²) in [6.07, 6.45) is 2.70. The largest absolute Gasteiger partial charge is 0.366 e. The second-order valence-electron chi connectivity index (χ2n) is 7.56. The number of halogens is 2. The molecule has 1 N–H and O–H groups in total. The first kappa shape index (κ1) is 18.8. The molecule has 2 aromatic heterocycles. The summed E-state index contributed by atoms with van der Waals surface area (Å²) in [5.41, 5.74) is 3.62. The summed E-state index contributed by atoms with van der Waals surface area (Å²) >= 11 is 12.5. The van der Waals surface area contributed by atoms with Gasteiger partial charge in [-0.05, 0) is 61.7 Å². The van der Waals surface area contributed by atoms with Crippen LogP contribution in [0.2, 0.25) is 10.0 Å². The van der Waals surface area contributed by atoms with Crippen LogP contribution in [0.4, 0.5) is 5.69 Å². The number of anilines is 1. The van der Waals surface area contributed by atoms with E-state index in [2.05, 4.69) is 30.6 Å². The van der Waals surface area contributed by atoms with Crippen LogP contribution in [0.5, 0.6) is 0 Å². The quantitative estimate of drug-likeness (QED) is 0.662. The number of rotatable bonds is 5. The highest BCUT2D eigenvalue weighted by atomic mass is 35.5. The lowest BCUT2D eigenvalue weighted by Gasteiger charge is -2.30. The summed E-state index contributed by atoms with van der Waals surface area (Å²) in [6.45, 7) is 3.56. The number of fused-ring (bicyclic) bond motifs is 1. The van der Waals surface area contributed by atoms with Crippen molar-refractivity contribution in [1.82, 2.24) is 25.7 Å². The molecule has 1 saturated heterocycles. The lowest BCUT2D eigenvalue weighted by molar-refractivity contribution is 0.296. The molecule has 7 nitrogen and oxygen atoms in total. The van der Waals surface area contributed by atoms with Gasteiger partial charge in [0.05, 0.1) is 11.4 Å². The van der Waals surface area contributed by atoms with Crippen LogP contribution >= 0.6 is 23.2 Å². The Hall–Kier alpha value is -2.22. The Morgan fingerprint density at radius 3 is 2.90 bits per heavy atom. The van der Waals surface area contributed by atoms with Gasteiger partial charge in [0.15, 0.2) is 0 Å². The predicted octanol–water partition coefficient (Wildman–Crippen LogP) is 3.55. The average Bonchev–Trinajstić information content (AvgIpc) is 3.16. The van der Waals surface area contributed by atoms with Crippen LogP contribution in [0.25, 0.3) is 11.5 Å². The Morgan fingerprint density at radius 2 is 2.07 bits per heavy atom. The Balaban J connectivity index is 1.41. The molecule has 1 fully saturated rings. The molecule has 0 saturated carbocycles. The van der Waals surface area contributed by atoms with E-state index in [0.717, 1.165) is 55.8 Å². The maximum Gasteiger partial charge on any atom is 0.227 e. The molecule has 2 aliphatic rings. The molecule has 150 valence electrons. The summed E-state index contributed by atoms with van der Waals surface area (Å²) in [4.78, 5) is 6.78. The molecule has 9 heteroatoms. The molecule has 3 aromatic rings. The molecule has 0 bridgehead atoms. The molecule has 0 aliphatic carbocycles. The minimum atomic E-state index is 0.480. The monoisotopic (exact) mass is 430 g/mol. The smallest absolute Gasteiger partial charge is 0.227 e. The number of hydrogen-bond acceptors (Lipinski definition) is 7. The predicted molar refractivity (Wildman–Crippen MR) is 111 cm³/mol. The van der Waals surface area contributed by atoms with Crippen molar-refractivity contribution in [2.45, 2.75) is 25.8 Å². The first-order chi connectivity index (χ1) is 14.2. The average molecular weight is 431 g/mol. The van der Waals surface area contributed by atoms with Crippen molar-refractivity contribution in [2.24, 2.45) is 5.92 Å². The molecule has 4 heterocycles. The first-order valence-corrected chi connectivity index (χ1v) is 10.5. The number of nitrogens with zero attached hydrogens (tertiary/aromatic N) is 5. The van der Waals surface area contributed by atoms with Gasteiger partial charge in [0.25, 0.3) is 0 Å². The van der Waals surface area contributed by atoms with Gasteiger partial charge in [-0.1, -0.05) is 28.4 Å². The fourth-order valence-corrected chi connectivity index (χ4v) is 4.11. The van der Waals surface area contributed by atoms with Crippen LogP contribution in [0.3, 0.4) is 0 Å². The van der Waals surface area contributed by atoms with Gasteiger partial charge in [-0.2, -0.15) is 10.1 Å². The molecule has 1 aromatic carbocycles. The summed E-state index contributed by atoms with van der Waals surface area (Å²) in [7, 11) is 0. The number of hydrogen-bond donors (Lipinski definition) is 1. The Bertz CT molecular complexity index is 1040. The van der Waals surface area contributed by atoms with Gasteiger partial charge < -0.3 is 14.7 Å². The molecular formula is C20H20Cl2N6O. The molecular weight excluding hydrogens is 411 g/mol. The number of nitrogens with one attached hydrogen (secondary N) is 1. The van der Waals surface area contributed by atoms with E-state index in [9.17, 15) is 0 Å². The second kappa shape index (κ2) is 7.89. The molecule has 5 rings (SSSR count). The number of aryl methyl sites for hydroxylation is 1. The van der Waals surface area contributed by atoms with E-state index in [1.165, 1.54) is 0 Å². The summed E-state index contributed by atoms with van der Waals surface area (Å²) in [5, 5.41) is 17.5. The van der Waals surface area contributed by atoms with Gasteiger partial charge >= 0.3 is 0 Å². The normalized spacial score (nSPS) is 16.6. The van der Waals surface area contributed by atoms with Gasteiger partial charge in [0.1, 0.15) is 5.69 Å². The van der Waals surface area contributed by atoms with E-state index < -0.39 is 0 Å². The highest BCUT2D eigenvalue weighted by Gasteiger charge is 2.24. The Labute approximate surface area is 178 Å². The van der Waals surface area contributed by atoms with Crippen molar-refractivity contribution < 1.29 is 4.52 Å². The number of benzene rings is 1. The lowest BCUT2D eigenvalue weighted by Crippen LogP contribution is -2.43. The van der Waals surface area contributed by atoms with Crippen molar-refractivity contribution in [3.8, 4) is 11.5 Å². The highest BCUT2D eigenvalue weighted by molar-refractivity contribution is 6.33. The minimum absolute atomic E-state index is 0.480. The molecule has 0 unspecified atom stereocenters. The van der Waals surface area contributed by atoms with Gasteiger partial charge in [0.2, 0.25) is 11.7 Å². The second-order valence-corrected chi connectivity index (χ2v) is 8.41. The van der Waals surface area contributed by atoms with E-state index in [-0.39, 0.29) is 0 Å². The summed E-state index contributed by atoms with van der Waals surface area (Å²) in [5.74, 6) is 1.69. The van der Waals surface area contributed by atoms with Crippen LogP contribution in [0.15, 0.2) is 28.8 Å². The third-order valence-electron chi connectivity index (χ3n) is 5.43. The zero-order valence-corrected chi connectivity index (χ0v) is 17.2. The third kappa shape index (κ3) is 3.95. The zero-order chi connectivity index (χ0) is 19.8. The van der Waals surface area contributed by atoms with Gasteiger partial charge in [0, 0.05) is 29.6 Å². The van der Waals surface area contributed by atoms with E-state index in [0.29, 0.717) is 39.9 Å². The first-order valence-electron chi connectivity index (χ1n) is 9.75. The molecule has 0 amide bonds. The fraction of sp³-hybridized carbons (Fsp3) is 0.400. The SMILES string of the molecule is Clc1ccc(Cl)c(CN2CCCc3nnc(-c4noc(CC5CNC5)n4)cc32)c1. The summed E-state index contributed by atoms with van der Waals surface area (Å²) in [6, 6.07) is 7.54. The molecule has 29 heavy (non-hydrogen) atoms. The zero-order valence-electron chi connectivity index (χ0n) is 15.7. The lowest BCUT2D eigenvalue weighted by atomic mass is 10.00. The van der Waals surface area contributed by atoms with Crippen LogP contribution in [-0.4, -0.2) is 40.0 Å². The van der Waals surface area contributed by atoms with Crippen molar-refractivity contribution in [3.05, 3.63) is 51.5 Å². The van der Waals surface area contributed by atoms with E-state index in [1.807, 2.05) is 18.2 Å². The standard InChI is InChI=1S/C20H20Cl2N6O/c21-14-3-4-15(22)13(7-14)11-28-5-1-2-16-18(28)8-17(26-25-16)20-24-19(29-27-20)6-12-9-23-10-12/h3-4,7-8,12,23H,1-2,5-6,9-11H2.